The maximum atomic E-state index is 13.4. The Bertz CT molecular complexity index is 1270. The highest BCUT2D eigenvalue weighted by Gasteiger charge is 2.28. The third kappa shape index (κ3) is 3.55. The summed E-state index contributed by atoms with van der Waals surface area (Å²) in [5.41, 5.74) is 2.19. The molecule has 7 nitrogen and oxygen atoms in total. The van der Waals surface area contributed by atoms with Crippen molar-refractivity contribution >= 4 is 39.5 Å². The van der Waals surface area contributed by atoms with Gasteiger partial charge in [-0.1, -0.05) is 18.2 Å². The molecule has 30 heavy (non-hydrogen) atoms. The first kappa shape index (κ1) is 19.4. The molecule has 0 saturated carbocycles. The van der Waals surface area contributed by atoms with Crippen LogP contribution in [0.15, 0.2) is 54.9 Å². The van der Waals surface area contributed by atoms with Crippen molar-refractivity contribution in [1.82, 2.24) is 15.3 Å². The molecule has 4 rings (SSSR count). The molecule has 2 aromatic carbocycles. The molecule has 0 radical (unpaired) electrons. The molecule has 0 spiro atoms. The number of para-hydroxylation sites is 1. The van der Waals surface area contributed by atoms with Gasteiger partial charge in [-0.3, -0.25) is 9.59 Å². The summed E-state index contributed by atoms with van der Waals surface area (Å²) in [6.45, 7) is 0. The van der Waals surface area contributed by atoms with E-state index in [9.17, 15) is 18.8 Å². The summed E-state index contributed by atoms with van der Waals surface area (Å²) < 4.78 is 18.2. The number of H-pyrrole nitrogens is 2. The molecule has 0 aliphatic carbocycles. The lowest BCUT2D eigenvalue weighted by Crippen LogP contribution is -2.45. The number of methoxy groups -OCH3 is 1. The maximum absolute atomic E-state index is 13.4. The van der Waals surface area contributed by atoms with Crippen LogP contribution in [0.2, 0.25) is 0 Å². The summed E-state index contributed by atoms with van der Waals surface area (Å²) >= 11 is 0. The van der Waals surface area contributed by atoms with Crippen LogP contribution in [0.25, 0.3) is 21.8 Å². The van der Waals surface area contributed by atoms with E-state index >= 15 is 0 Å². The monoisotopic (exact) mass is 407 g/mol. The molecule has 4 aromatic rings. The highest BCUT2D eigenvalue weighted by Crippen LogP contribution is 2.21. The van der Waals surface area contributed by atoms with Crippen molar-refractivity contribution in [3.05, 3.63) is 71.8 Å². The van der Waals surface area contributed by atoms with E-state index < -0.39 is 29.5 Å². The minimum Gasteiger partial charge on any atom is -0.467 e. The maximum Gasteiger partial charge on any atom is 0.328 e. The Labute approximate surface area is 170 Å². The summed E-state index contributed by atoms with van der Waals surface area (Å²) in [7, 11) is 1.22. The Morgan fingerprint density at radius 3 is 2.60 bits per heavy atom. The Hall–Kier alpha value is -3.94. The van der Waals surface area contributed by atoms with E-state index in [2.05, 4.69) is 15.3 Å². The van der Waals surface area contributed by atoms with Crippen LogP contribution in [0, 0.1) is 5.82 Å². The third-order valence-electron chi connectivity index (χ3n) is 4.98. The number of rotatable bonds is 6. The quantitative estimate of drug-likeness (QED) is 0.260. The number of Topliss-reactive ketones (excluding diaryl/α,β-unsaturated/α-hetero) is 1. The van der Waals surface area contributed by atoms with Gasteiger partial charge in [0.1, 0.15) is 11.9 Å². The van der Waals surface area contributed by atoms with Gasteiger partial charge in [0.05, 0.1) is 12.7 Å². The second kappa shape index (κ2) is 7.82. The SMILES string of the molecule is COC(=O)[C@@H](Cc1c[nH]c2ccccc12)NC(=O)C(=O)c1c[nH]c2cc(F)ccc12. The number of ether oxygens (including phenoxy) is 1. The highest BCUT2D eigenvalue weighted by molar-refractivity contribution is 6.45. The zero-order chi connectivity index (χ0) is 21.3. The van der Waals surface area contributed by atoms with Crippen molar-refractivity contribution in [2.24, 2.45) is 0 Å². The third-order valence-corrected chi connectivity index (χ3v) is 4.98. The van der Waals surface area contributed by atoms with E-state index in [1.807, 2.05) is 24.3 Å². The number of ketones is 1. The summed E-state index contributed by atoms with van der Waals surface area (Å²) in [5.74, 6) is -2.91. The Morgan fingerprint density at radius 1 is 1.03 bits per heavy atom. The van der Waals surface area contributed by atoms with Crippen LogP contribution >= 0.6 is 0 Å². The molecule has 0 saturated heterocycles. The van der Waals surface area contributed by atoms with E-state index in [4.69, 9.17) is 4.74 Å². The number of aromatic amines is 2. The van der Waals surface area contributed by atoms with E-state index in [-0.39, 0.29) is 12.0 Å². The number of hydrogen-bond donors (Lipinski definition) is 3. The molecule has 3 N–H and O–H groups in total. The van der Waals surface area contributed by atoms with Gasteiger partial charge in [-0.2, -0.15) is 0 Å². The zero-order valence-electron chi connectivity index (χ0n) is 16.0. The largest absolute Gasteiger partial charge is 0.467 e. The number of halogens is 1. The lowest BCUT2D eigenvalue weighted by atomic mass is 10.0. The molecule has 8 heteroatoms. The number of aromatic nitrogens is 2. The van der Waals surface area contributed by atoms with Crippen molar-refractivity contribution < 1.29 is 23.5 Å². The zero-order valence-corrected chi connectivity index (χ0v) is 16.0. The molecule has 2 aromatic heterocycles. The van der Waals surface area contributed by atoms with Crippen LogP contribution in [0.1, 0.15) is 15.9 Å². The molecular formula is C22H18FN3O4. The second-order valence-electron chi connectivity index (χ2n) is 6.83. The van der Waals surface area contributed by atoms with Gasteiger partial charge in [-0.15, -0.1) is 0 Å². The number of carbonyl (C=O) groups is 3. The van der Waals surface area contributed by atoms with Crippen LogP contribution in [-0.2, 0) is 20.7 Å². The second-order valence-corrected chi connectivity index (χ2v) is 6.83. The van der Waals surface area contributed by atoms with Crippen molar-refractivity contribution in [2.75, 3.05) is 7.11 Å². The minimum atomic E-state index is -1.05. The van der Waals surface area contributed by atoms with Gasteiger partial charge in [0, 0.05) is 40.6 Å². The number of amides is 1. The molecule has 1 atom stereocenters. The van der Waals surface area contributed by atoms with Crippen molar-refractivity contribution in [2.45, 2.75) is 12.5 Å². The van der Waals surface area contributed by atoms with Crippen LogP contribution in [0.3, 0.4) is 0 Å². The molecule has 2 heterocycles. The number of nitrogens with one attached hydrogen (secondary N) is 3. The van der Waals surface area contributed by atoms with Gasteiger partial charge in [0.15, 0.2) is 0 Å². The topological polar surface area (TPSA) is 104 Å². The average molecular weight is 407 g/mol. The smallest absolute Gasteiger partial charge is 0.328 e. The van der Waals surface area contributed by atoms with Gasteiger partial charge in [0.25, 0.3) is 11.7 Å². The number of carbonyl (C=O) groups excluding carboxylic acids is 3. The summed E-state index contributed by atoms with van der Waals surface area (Å²) in [4.78, 5) is 43.4. The van der Waals surface area contributed by atoms with Crippen LogP contribution < -0.4 is 5.32 Å². The van der Waals surface area contributed by atoms with Gasteiger partial charge in [0.2, 0.25) is 0 Å². The fraction of sp³-hybridized carbons (Fsp3) is 0.136. The first-order valence-electron chi connectivity index (χ1n) is 9.22. The summed E-state index contributed by atoms with van der Waals surface area (Å²) in [5, 5.41) is 3.80. The molecule has 152 valence electrons. The Balaban J connectivity index is 1.57. The van der Waals surface area contributed by atoms with Gasteiger partial charge in [-0.25, -0.2) is 9.18 Å². The molecule has 1 amide bonds. The van der Waals surface area contributed by atoms with Gasteiger partial charge < -0.3 is 20.0 Å². The van der Waals surface area contributed by atoms with Crippen LogP contribution in [0.4, 0.5) is 4.39 Å². The predicted octanol–water partition coefficient (Wildman–Crippen LogP) is 2.87. The number of fused-ring (bicyclic) bond motifs is 2. The van der Waals surface area contributed by atoms with Crippen molar-refractivity contribution in [1.29, 1.82) is 0 Å². The molecule has 0 bridgehead atoms. The fourth-order valence-electron chi connectivity index (χ4n) is 3.49. The number of hydrogen-bond acceptors (Lipinski definition) is 4. The number of benzene rings is 2. The lowest BCUT2D eigenvalue weighted by Gasteiger charge is -2.15. The van der Waals surface area contributed by atoms with Crippen LogP contribution in [-0.4, -0.2) is 40.8 Å². The summed E-state index contributed by atoms with van der Waals surface area (Å²) in [6, 6.07) is 10.4. The lowest BCUT2D eigenvalue weighted by molar-refractivity contribution is -0.144. The van der Waals surface area contributed by atoms with Gasteiger partial charge in [-0.05, 0) is 29.8 Å². The number of esters is 1. The minimum absolute atomic E-state index is 0.0956. The standard InChI is InChI=1S/C22H18FN3O4/c1-30-22(29)19(8-12-10-24-17-5-3-2-4-14(12)17)26-21(28)20(27)16-11-25-18-9-13(23)6-7-15(16)18/h2-7,9-11,19,24-25H,8H2,1H3,(H,26,28)/t19-/m1/s1. The molecule has 0 fully saturated rings. The Kier molecular flexibility index (Phi) is 5.05. The van der Waals surface area contributed by atoms with Gasteiger partial charge >= 0.3 is 5.97 Å². The first-order chi connectivity index (χ1) is 14.5. The molecule has 0 aliphatic rings. The Morgan fingerprint density at radius 2 is 1.80 bits per heavy atom. The molecule has 0 unspecified atom stereocenters. The predicted molar refractivity (Wildman–Crippen MR) is 109 cm³/mol. The van der Waals surface area contributed by atoms with Crippen molar-refractivity contribution in [3.8, 4) is 0 Å². The summed E-state index contributed by atoms with van der Waals surface area (Å²) in [6.07, 6.45) is 3.25. The average Bonchev–Trinajstić information content (AvgIpc) is 3.36. The van der Waals surface area contributed by atoms with E-state index in [1.54, 1.807) is 6.20 Å². The molecule has 0 aliphatic heterocycles. The van der Waals surface area contributed by atoms with Crippen molar-refractivity contribution in [3.63, 3.8) is 0 Å². The normalized spacial score (nSPS) is 12.1. The highest BCUT2D eigenvalue weighted by atomic mass is 19.1. The van der Waals surface area contributed by atoms with E-state index in [0.717, 1.165) is 16.5 Å². The fourth-order valence-corrected chi connectivity index (χ4v) is 3.49. The van der Waals surface area contributed by atoms with Crippen LogP contribution in [0.5, 0.6) is 0 Å². The van der Waals surface area contributed by atoms with E-state index in [0.29, 0.717) is 10.9 Å². The molecular weight excluding hydrogens is 389 g/mol. The first-order valence-corrected chi connectivity index (χ1v) is 9.22. The van der Waals surface area contributed by atoms with E-state index in [1.165, 1.54) is 31.5 Å².